The fourth-order valence-electron chi connectivity index (χ4n) is 1.95. The van der Waals surface area contributed by atoms with Gasteiger partial charge in [0.1, 0.15) is 5.82 Å². The van der Waals surface area contributed by atoms with Gasteiger partial charge in [0.2, 0.25) is 0 Å². The maximum atomic E-state index is 10.2. The van der Waals surface area contributed by atoms with E-state index in [-0.39, 0.29) is 12.4 Å². The van der Waals surface area contributed by atoms with Gasteiger partial charge in [-0.15, -0.1) is 29.2 Å². The summed E-state index contributed by atoms with van der Waals surface area (Å²) in [5.41, 5.74) is 0.912. The molecule has 1 atom stereocenters. The number of nitrogens with zero attached hydrogens (tertiary/aromatic N) is 3. The highest BCUT2D eigenvalue weighted by molar-refractivity contribution is 7.99. The number of aliphatic hydroxyl groups is 1. The lowest BCUT2D eigenvalue weighted by atomic mass is 10.1. The predicted molar refractivity (Wildman–Crippen MR) is 92.4 cm³/mol. The Hall–Kier alpha value is -1.34. The zero-order valence-corrected chi connectivity index (χ0v) is 14.1. The number of thioether (sulfide) groups is 1. The van der Waals surface area contributed by atoms with Gasteiger partial charge in [-0.25, -0.2) is 0 Å². The summed E-state index contributed by atoms with van der Waals surface area (Å²) in [7, 11) is 1.87. The van der Waals surface area contributed by atoms with E-state index in [4.69, 9.17) is 0 Å². The van der Waals surface area contributed by atoms with Crippen LogP contribution in [0.25, 0.3) is 0 Å². The van der Waals surface area contributed by atoms with E-state index in [1.54, 1.807) is 0 Å². The molecule has 7 heteroatoms. The Balaban J connectivity index is 0.00000242. The van der Waals surface area contributed by atoms with Crippen LogP contribution in [-0.2, 0) is 13.1 Å². The summed E-state index contributed by atoms with van der Waals surface area (Å²) < 4.78 is 2.01. The summed E-state index contributed by atoms with van der Waals surface area (Å²) >= 11 is 1.50. The molecule has 0 fully saturated rings. The first-order valence-corrected chi connectivity index (χ1v) is 7.78. The Morgan fingerprint density at radius 1 is 1.36 bits per heavy atom. The first-order valence-electron chi connectivity index (χ1n) is 6.79. The third-order valence-corrected chi connectivity index (χ3v) is 4.04. The second kappa shape index (κ2) is 9.63. The average Bonchev–Trinajstić information content (AvgIpc) is 2.89. The summed E-state index contributed by atoms with van der Waals surface area (Å²) in [5, 5.41) is 22.4. The zero-order chi connectivity index (χ0) is 15.1. The lowest BCUT2D eigenvalue weighted by Gasteiger charge is -2.11. The van der Waals surface area contributed by atoms with Gasteiger partial charge in [0.05, 0.1) is 12.6 Å². The molecule has 0 saturated carbocycles. The normalized spacial score (nSPS) is 11.7. The summed E-state index contributed by atoms with van der Waals surface area (Å²) in [6.45, 7) is 5.08. The van der Waals surface area contributed by atoms with Crippen molar-refractivity contribution in [2.75, 3.05) is 12.8 Å². The third-order valence-electron chi connectivity index (χ3n) is 2.99. The van der Waals surface area contributed by atoms with Crippen LogP contribution in [0.3, 0.4) is 0 Å². The van der Waals surface area contributed by atoms with Gasteiger partial charge in [0.15, 0.2) is 5.16 Å². The van der Waals surface area contributed by atoms with Crippen LogP contribution in [-0.4, -0.2) is 32.7 Å². The summed E-state index contributed by atoms with van der Waals surface area (Å²) in [5.74, 6) is 1.41. The van der Waals surface area contributed by atoms with Gasteiger partial charge >= 0.3 is 0 Å². The van der Waals surface area contributed by atoms with Crippen LogP contribution in [0.4, 0.5) is 0 Å². The van der Waals surface area contributed by atoms with Gasteiger partial charge in [0, 0.05) is 12.3 Å². The number of hydrogen-bond donors (Lipinski definition) is 2. The molecule has 0 spiro atoms. The highest BCUT2D eigenvalue weighted by atomic mass is 35.5. The number of aliphatic hydroxyl groups excluding tert-OH is 1. The van der Waals surface area contributed by atoms with E-state index in [1.165, 1.54) is 11.8 Å². The van der Waals surface area contributed by atoms with Crippen LogP contribution in [0.15, 0.2) is 48.1 Å². The van der Waals surface area contributed by atoms with Gasteiger partial charge in [-0.05, 0) is 12.6 Å². The number of benzene rings is 1. The van der Waals surface area contributed by atoms with Gasteiger partial charge < -0.3 is 15.0 Å². The second-order valence-corrected chi connectivity index (χ2v) is 5.55. The molecule has 0 amide bonds. The Labute approximate surface area is 141 Å². The molecule has 0 saturated heterocycles. The number of nitrogens with one attached hydrogen (secondary N) is 1. The van der Waals surface area contributed by atoms with E-state index in [0.29, 0.717) is 18.8 Å². The molecule has 22 heavy (non-hydrogen) atoms. The van der Waals surface area contributed by atoms with Gasteiger partial charge in [-0.1, -0.05) is 48.2 Å². The SMILES string of the molecule is C=CCn1c(CNC)nnc1SCC(O)c1ccccc1.Cl. The number of halogens is 1. The summed E-state index contributed by atoms with van der Waals surface area (Å²) in [6, 6.07) is 9.63. The van der Waals surface area contributed by atoms with Crippen LogP contribution in [0.2, 0.25) is 0 Å². The highest BCUT2D eigenvalue weighted by Gasteiger charge is 2.14. The molecular formula is C15H21ClN4OS. The minimum Gasteiger partial charge on any atom is -0.388 e. The van der Waals surface area contributed by atoms with E-state index in [0.717, 1.165) is 16.5 Å². The Bertz CT molecular complexity index is 576. The van der Waals surface area contributed by atoms with Crippen LogP contribution >= 0.6 is 24.2 Å². The number of allylic oxidation sites excluding steroid dienone is 1. The van der Waals surface area contributed by atoms with E-state index >= 15 is 0 Å². The van der Waals surface area contributed by atoms with E-state index < -0.39 is 6.10 Å². The first kappa shape index (κ1) is 18.7. The second-order valence-electron chi connectivity index (χ2n) is 4.57. The zero-order valence-electron chi connectivity index (χ0n) is 12.5. The topological polar surface area (TPSA) is 63.0 Å². The van der Waals surface area contributed by atoms with E-state index in [9.17, 15) is 5.11 Å². The smallest absolute Gasteiger partial charge is 0.191 e. The minimum atomic E-state index is -0.516. The van der Waals surface area contributed by atoms with Crippen molar-refractivity contribution < 1.29 is 5.11 Å². The number of hydrogen-bond acceptors (Lipinski definition) is 5. The van der Waals surface area contributed by atoms with Crippen molar-refractivity contribution in [3.05, 3.63) is 54.4 Å². The quantitative estimate of drug-likeness (QED) is 0.571. The van der Waals surface area contributed by atoms with E-state index in [2.05, 4.69) is 22.1 Å². The minimum absolute atomic E-state index is 0. The molecule has 1 unspecified atom stereocenters. The van der Waals surface area contributed by atoms with Crippen LogP contribution in [0.1, 0.15) is 17.5 Å². The fraction of sp³-hybridized carbons (Fsp3) is 0.333. The molecular weight excluding hydrogens is 320 g/mol. The predicted octanol–water partition coefficient (Wildman–Crippen LogP) is 2.43. The van der Waals surface area contributed by atoms with Crippen molar-refractivity contribution in [1.29, 1.82) is 0 Å². The van der Waals surface area contributed by atoms with Gasteiger partial charge in [-0.3, -0.25) is 0 Å². The Morgan fingerprint density at radius 2 is 2.09 bits per heavy atom. The molecule has 0 aliphatic carbocycles. The molecule has 2 N–H and O–H groups in total. The van der Waals surface area contributed by atoms with Crippen molar-refractivity contribution in [1.82, 2.24) is 20.1 Å². The number of rotatable bonds is 8. The fourth-order valence-corrected chi connectivity index (χ4v) is 2.89. The standard InChI is InChI=1S/C15H20N4OS.ClH/c1-3-9-19-14(10-16-2)17-18-15(19)21-11-13(20)12-7-5-4-6-8-12;/h3-8,13,16,20H,1,9-11H2,2H3;1H. The van der Waals surface area contributed by atoms with Crippen LogP contribution in [0.5, 0.6) is 0 Å². The van der Waals surface area contributed by atoms with E-state index in [1.807, 2.05) is 48.0 Å². The molecule has 120 valence electrons. The van der Waals surface area contributed by atoms with Gasteiger partial charge in [-0.2, -0.15) is 0 Å². The van der Waals surface area contributed by atoms with Crippen LogP contribution < -0.4 is 5.32 Å². The molecule has 0 radical (unpaired) electrons. The van der Waals surface area contributed by atoms with Crippen molar-refractivity contribution in [3.63, 3.8) is 0 Å². The van der Waals surface area contributed by atoms with Gasteiger partial charge in [0.25, 0.3) is 0 Å². The summed E-state index contributed by atoms with van der Waals surface area (Å²) in [6.07, 6.45) is 1.30. The first-order chi connectivity index (χ1) is 10.3. The highest BCUT2D eigenvalue weighted by Crippen LogP contribution is 2.24. The lowest BCUT2D eigenvalue weighted by Crippen LogP contribution is -2.12. The Kier molecular flexibility index (Phi) is 8.19. The molecule has 5 nitrogen and oxygen atoms in total. The maximum Gasteiger partial charge on any atom is 0.191 e. The third kappa shape index (κ3) is 4.84. The molecule has 0 aliphatic rings. The summed E-state index contributed by atoms with van der Waals surface area (Å²) in [4.78, 5) is 0. The lowest BCUT2D eigenvalue weighted by molar-refractivity contribution is 0.204. The van der Waals surface area contributed by atoms with Crippen molar-refractivity contribution in [2.24, 2.45) is 0 Å². The molecule has 0 aliphatic heterocycles. The molecule has 1 heterocycles. The van der Waals surface area contributed by atoms with Crippen molar-refractivity contribution in [3.8, 4) is 0 Å². The molecule has 0 bridgehead atoms. The van der Waals surface area contributed by atoms with Crippen molar-refractivity contribution in [2.45, 2.75) is 24.3 Å². The number of aromatic nitrogens is 3. The monoisotopic (exact) mass is 340 g/mol. The molecule has 1 aromatic carbocycles. The average molecular weight is 341 g/mol. The molecule has 2 aromatic rings. The van der Waals surface area contributed by atoms with Crippen LogP contribution in [0, 0.1) is 0 Å². The molecule has 2 rings (SSSR count). The molecule has 1 aromatic heterocycles. The van der Waals surface area contributed by atoms with Crippen molar-refractivity contribution >= 4 is 24.2 Å². The maximum absolute atomic E-state index is 10.2. The largest absolute Gasteiger partial charge is 0.388 e. The Morgan fingerprint density at radius 3 is 2.73 bits per heavy atom.